The second-order valence-corrected chi connectivity index (χ2v) is 5.73. The number of hydrogen-bond donors (Lipinski definition) is 1. The van der Waals surface area contributed by atoms with Gasteiger partial charge in [0.05, 0.1) is 16.7 Å². The predicted octanol–water partition coefficient (Wildman–Crippen LogP) is 3.45. The van der Waals surface area contributed by atoms with E-state index in [9.17, 15) is 0 Å². The zero-order valence-corrected chi connectivity index (χ0v) is 10.2. The fraction of sp³-hybridized carbons (Fsp3) is 0.545. The Labute approximate surface area is 99.2 Å². The Morgan fingerprint density at radius 2 is 2.20 bits per heavy atom. The number of rotatable bonds is 3. The summed E-state index contributed by atoms with van der Waals surface area (Å²) in [4.78, 5) is 5.62. The van der Waals surface area contributed by atoms with E-state index in [-0.39, 0.29) is 0 Å². The number of nitrogens with two attached hydrogens (primary N) is 1. The van der Waals surface area contributed by atoms with E-state index >= 15 is 0 Å². The van der Waals surface area contributed by atoms with E-state index in [4.69, 9.17) is 17.3 Å². The van der Waals surface area contributed by atoms with E-state index in [1.165, 1.54) is 30.6 Å². The van der Waals surface area contributed by atoms with Crippen molar-refractivity contribution in [1.82, 2.24) is 0 Å². The highest BCUT2D eigenvalue weighted by molar-refractivity contribution is 7.16. The summed E-state index contributed by atoms with van der Waals surface area (Å²) in [5, 5.41) is 0. The van der Waals surface area contributed by atoms with Gasteiger partial charge in [-0.05, 0) is 25.0 Å². The molecule has 1 aliphatic carbocycles. The first kappa shape index (κ1) is 11.0. The van der Waals surface area contributed by atoms with Gasteiger partial charge in [0.2, 0.25) is 0 Å². The minimum absolute atomic E-state index is 0.528. The van der Waals surface area contributed by atoms with Crippen LogP contribution in [0.3, 0.4) is 0 Å². The Bertz CT molecular complexity index is 353. The summed E-state index contributed by atoms with van der Waals surface area (Å²) < 4.78 is 0.819. The van der Waals surface area contributed by atoms with Crippen molar-refractivity contribution in [3.8, 4) is 0 Å². The molecule has 2 rings (SSSR count). The van der Waals surface area contributed by atoms with Crippen LogP contribution in [0.5, 0.6) is 0 Å². The number of halogens is 1. The van der Waals surface area contributed by atoms with Gasteiger partial charge in [0, 0.05) is 10.8 Å². The molecule has 0 amide bonds. The summed E-state index contributed by atoms with van der Waals surface area (Å²) in [6, 6.07) is 3.92. The van der Waals surface area contributed by atoms with E-state index in [1.807, 2.05) is 12.1 Å². The van der Waals surface area contributed by atoms with Gasteiger partial charge in [-0.15, -0.1) is 11.3 Å². The Morgan fingerprint density at radius 3 is 2.80 bits per heavy atom. The lowest BCUT2D eigenvalue weighted by molar-refractivity contribution is 0.716. The normalized spacial score (nSPS) is 18.6. The van der Waals surface area contributed by atoms with E-state index in [2.05, 4.69) is 4.99 Å². The maximum atomic E-state index is 5.96. The molecular formula is C11H15ClN2S. The first-order valence-corrected chi connectivity index (χ1v) is 6.49. The van der Waals surface area contributed by atoms with Crippen LogP contribution >= 0.6 is 22.9 Å². The van der Waals surface area contributed by atoms with Crippen LogP contribution in [0.25, 0.3) is 0 Å². The van der Waals surface area contributed by atoms with Crippen molar-refractivity contribution < 1.29 is 0 Å². The van der Waals surface area contributed by atoms with Gasteiger partial charge < -0.3 is 5.73 Å². The topological polar surface area (TPSA) is 38.4 Å². The Hall–Kier alpha value is -0.540. The van der Waals surface area contributed by atoms with Crippen LogP contribution in [0.4, 0.5) is 0 Å². The van der Waals surface area contributed by atoms with Gasteiger partial charge >= 0.3 is 0 Å². The van der Waals surface area contributed by atoms with E-state index in [0.29, 0.717) is 12.5 Å². The number of aliphatic imine (C=N–C) groups is 1. The molecule has 0 atom stereocenters. The van der Waals surface area contributed by atoms with Crippen molar-refractivity contribution in [1.29, 1.82) is 0 Å². The summed E-state index contributed by atoms with van der Waals surface area (Å²) in [7, 11) is 0. The molecule has 15 heavy (non-hydrogen) atoms. The quantitative estimate of drug-likeness (QED) is 0.640. The van der Waals surface area contributed by atoms with Gasteiger partial charge in [0.1, 0.15) is 0 Å². The molecule has 2 N–H and O–H groups in total. The first-order chi connectivity index (χ1) is 7.25. The van der Waals surface area contributed by atoms with E-state index < -0.39 is 0 Å². The monoisotopic (exact) mass is 242 g/mol. The van der Waals surface area contributed by atoms with Crippen LogP contribution in [-0.2, 0) is 6.54 Å². The SMILES string of the molecule is NC(=NCc1ccc(Cl)s1)C1CCCC1. The number of amidine groups is 1. The molecule has 0 aliphatic heterocycles. The average molecular weight is 243 g/mol. The number of hydrogen-bond acceptors (Lipinski definition) is 2. The van der Waals surface area contributed by atoms with Crippen molar-refractivity contribution in [2.75, 3.05) is 0 Å². The zero-order valence-electron chi connectivity index (χ0n) is 8.58. The summed E-state index contributed by atoms with van der Waals surface area (Å²) in [5.74, 6) is 1.36. The largest absolute Gasteiger partial charge is 0.387 e. The van der Waals surface area contributed by atoms with Gasteiger partial charge in [-0.2, -0.15) is 0 Å². The van der Waals surface area contributed by atoms with Crippen LogP contribution in [0, 0.1) is 5.92 Å². The van der Waals surface area contributed by atoms with Crippen molar-refractivity contribution in [3.05, 3.63) is 21.3 Å². The van der Waals surface area contributed by atoms with Crippen LogP contribution in [0.1, 0.15) is 30.6 Å². The highest BCUT2D eigenvalue weighted by Gasteiger charge is 2.18. The van der Waals surface area contributed by atoms with Gasteiger partial charge in [-0.25, -0.2) is 0 Å². The smallest absolute Gasteiger partial charge is 0.0972 e. The minimum atomic E-state index is 0.528. The molecular weight excluding hydrogens is 228 g/mol. The summed E-state index contributed by atoms with van der Waals surface area (Å²) >= 11 is 7.42. The second-order valence-electron chi connectivity index (χ2n) is 3.93. The molecule has 82 valence electrons. The maximum absolute atomic E-state index is 5.96. The Kier molecular flexibility index (Phi) is 3.65. The molecule has 2 nitrogen and oxygen atoms in total. The molecule has 0 radical (unpaired) electrons. The molecule has 4 heteroatoms. The van der Waals surface area contributed by atoms with Crippen LogP contribution in [0.15, 0.2) is 17.1 Å². The molecule has 1 fully saturated rings. The third kappa shape index (κ3) is 2.95. The van der Waals surface area contributed by atoms with Gasteiger partial charge in [-0.1, -0.05) is 24.4 Å². The summed E-state index contributed by atoms with van der Waals surface area (Å²) in [5.41, 5.74) is 5.96. The van der Waals surface area contributed by atoms with Crippen LogP contribution < -0.4 is 5.73 Å². The fourth-order valence-electron chi connectivity index (χ4n) is 1.96. The van der Waals surface area contributed by atoms with Gasteiger partial charge in [0.25, 0.3) is 0 Å². The van der Waals surface area contributed by atoms with Gasteiger partial charge in [-0.3, -0.25) is 4.99 Å². The third-order valence-electron chi connectivity index (χ3n) is 2.82. The van der Waals surface area contributed by atoms with Crippen molar-refractivity contribution >= 4 is 28.8 Å². The number of nitrogens with zero attached hydrogens (tertiary/aromatic N) is 1. The molecule has 1 aliphatic rings. The molecule has 1 aromatic rings. The fourth-order valence-corrected chi connectivity index (χ4v) is 2.97. The minimum Gasteiger partial charge on any atom is -0.387 e. The highest BCUT2D eigenvalue weighted by Crippen LogP contribution is 2.26. The molecule has 0 bridgehead atoms. The van der Waals surface area contributed by atoms with Gasteiger partial charge in [0.15, 0.2) is 0 Å². The molecule has 1 aromatic heterocycles. The molecule has 0 unspecified atom stereocenters. The first-order valence-electron chi connectivity index (χ1n) is 5.30. The molecule has 0 saturated heterocycles. The number of thiophene rings is 1. The summed E-state index contributed by atoms with van der Waals surface area (Å²) in [6.07, 6.45) is 5.01. The molecule has 0 aromatic carbocycles. The second kappa shape index (κ2) is 4.99. The van der Waals surface area contributed by atoms with Crippen LogP contribution in [0.2, 0.25) is 4.34 Å². The average Bonchev–Trinajstić information content (AvgIpc) is 2.84. The van der Waals surface area contributed by atoms with E-state index in [1.54, 1.807) is 11.3 Å². The predicted molar refractivity (Wildman–Crippen MR) is 66.6 cm³/mol. The molecule has 1 heterocycles. The van der Waals surface area contributed by atoms with Crippen LogP contribution in [-0.4, -0.2) is 5.84 Å². The van der Waals surface area contributed by atoms with Crippen molar-refractivity contribution in [2.24, 2.45) is 16.6 Å². The lowest BCUT2D eigenvalue weighted by atomic mass is 10.1. The lowest BCUT2D eigenvalue weighted by Crippen LogP contribution is -2.21. The highest BCUT2D eigenvalue weighted by atomic mass is 35.5. The maximum Gasteiger partial charge on any atom is 0.0972 e. The standard InChI is InChI=1S/C11H15ClN2S/c12-10-6-5-9(15-10)7-14-11(13)8-3-1-2-4-8/h5-6,8H,1-4,7H2,(H2,13,14). The zero-order chi connectivity index (χ0) is 10.7. The Balaban J connectivity index is 1.92. The van der Waals surface area contributed by atoms with Crippen molar-refractivity contribution in [3.63, 3.8) is 0 Å². The molecule has 0 spiro atoms. The molecule has 1 saturated carbocycles. The lowest BCUT2D eigenvalue weighted by Gasteiger charge is -2.07. The third-order valence-corrected chi connectivity index (χ3v) is 4.04. The summed E-state index contributed by atoms with van der Waals surface area (Å²) in [6.45, 7) is 0.680. The van der Waals surface area contributed by atoms with Crippen molar-refractivity contribution in [2.45, 2.75) is 32.2 Å². The Morgan fingerprint density at radius 1 is 1.47 bits per heavy atom. The van der Waals surface area contributed by atoms with E-state index in [0.717, 1.165) is 10.2 Å².